The summed E-state index contributed by atoms with van der Waals surface area (Å²) in [6.07, 6.45) is 1.34. The minimum atomic E-state index is -0.399. The first kappa shape index (κ1) is 11.0. The van der Waals surface area contributed by atoms with Gasteiger partial charge in [-0.3, -0.25) is 14.5 Å². The number of cyclic esters (lactones) is 1. The van der Waals surface area contributed by atoms with E-state index >= 15 is 0 Å². The number of hydrogen-bond donors (Lipinski definition) is 0. The fourth-order valence-corrected chi connectivity index (χ4v) is 2.28. The predicted molar refractivity (Wildman–Crippen MR) is 61.9 cm³/mol. The molecule has 0 bridgehead atoms. The monoisotopic (exact) mass is 245 g/mol. The Bertz CT molecular complexity index is 548. The predicted octanol–water partition coefficient (Wildman–Crippen LogP) is 1.40. The summed E-state index contributed by atoms with van der Waals surface area (Å²) in [6, 6.07) is 4.97. The third kappa shape index (κ3) is 1.59. The molecule has 0 aliphatic carbocycles. The number of carbonyl (C=O) groups is 3. The molecule has 1 aromatic carbocycles. The van der Waals surface area contributed by atoms with E-state index in [0.29, 0.717) is 30.5 Å². The molecule has 18 heavy (non-hydrogen) atoms. The Morgan fingerprint density at radius 2 is 1.78 bits per heavy atom. The van der Waals surface area contributed by atoms with Crippen LogP contribution in [0.5, 0.6) is 0 Å². The van der Waals surface area contributed by atoms with Crippen LogP contribution in [0.4, 0.5) is 5.69 Å². The zero-order valence-electron chi connectivity index (χ0n) is 9.64. The number of carbonyl (C=O) groups excluding carboxylic acids is 3. The molecule has 5 heteroatoms. The minimum absolute atomic E-state index is 0.211. The normalized spacial score (nSPS) is 18.9. The van der Waals surface area contributed by atoms with Crippen LogP contribution < -0.4 is 4.90 Å². The molecular weight excluding hydrogens is 234 g/mol. The highest BCUT2D eigenvalue weighted by Gasteiger charge is 2.29. The molecule has 5 nitrogen and oxygen atoms in total. The van der Waals surface area contributed by atoms with Gasteiger partial charge in [0.1, 0.15) is 6.61 Å². The van der Waals surface area contributed by atoms with Gasteiger partial charge in [-0.15, -0.1) is 0 Å². The molecule has 0 saturated carbocycles. The number of rotatable bonds is 1. The zero-order chi connectivity index (χ0) is 12.7. The SMILES string of the molecule is O=C1OCc2ccc(N3C(=O)CCCC3=O)cc21. The maximum absolute atomic E-state index is 11.8. The van der Waals surface area contributed by atoms with Gasteiger partial charge in [0.2, 0.25) is 11.8 Å². The van der Waals surface area contributed by atoms with Crippen molar-refractivity contribution in [1.82, 2.24) is 0 Å². The lowest BCUT2D eigenvalue weighted by atomic mass is 10.1. The molecule has 0 atom stereocenters. The Morgan fingerprint density at radius 1 is 1.06 bits per heavy atom. The van der Waals surface area contributed by atoms with Gasteiger partial charge in [-0.2, -0.15) is 0 Å². The van der Waals surface area contributed by atoms with Gasteiger partial charge < -0.3 is 4.74 Å². The second kappa shape index (κ2) is 3.94. The van der Waals surface area contributed by atoms with Crippen molar-refractivity contribution in [3.8, 4) is 0 Å². The largest absolute Gasteiger partial charge is 0.457 e. The van der Waals surface area contributed by atoms with E-state index in [0.717, 1.165) is 10.5 Å². The smallest absolute Gasteiger partial charge is 0.338 e. The molecule has 2 amide bonds. The molecule has 1 aromatic rings. The molecule has 1 saturated heterocycles. The van der Waals surface area contributed by atoms with Crippen molar-refractivity contribution >= 4 is 23.5 Å². The van der Waals surface area contributed by atoms with Gasteiger partial charge in [0.15, 0.2) is 0 Å². The molecule has 2 aliphatic rings. The maximum Gasteiger partial charge on any atom is 0.338 e. The van der Waals surface area contributed by atoms with Gasteiger partial charge in [0.05, 0.1) is 11.3 Å². The Hall–Kier alpha value is -2.17. The van der Waals surface area contributed by atoms with Crippen LogP contribution in [0.2, 0.25) is 0 Å². The minimum Gasteiger partial charge on any atom is -0.457 e. The van der Waals surface area contributed by atoms with Crippen molar-refractivity contribution < 1.29 is 19.1 Å². The van der Waals surface area contributed by atoms with Crippen LogP contribution in [0.3, 0.4) is 0 Å². The van der Waals surface area contributed by atoms with E-state index in [4.69, 9.17) is 4.74 Å². The number of ether oxygens (including phenoxy) is 1. The first-order chi connectivity index (χ1) is 8.66. The van der Waals surface area contributed by atoms with E-state index in [1.807, 2.05) is 0 Å². The highest BCUT2D eigenvalue weighted by Crippen LogP contribution is 2.28. The fourth-order valence-electron chi connectivity index (χ4n) is 2.28. The first-order valence-corrected chi connectivity index (χ1v) is 5.82. The molecule has 2 heterocycles. The molecule has 1 fully saturated rings. The Balaban J connectivity index is 2.02. The lowest BCUT2D eigenvalue weighted by Crippen LogP contribution is -2.40. The zero-order valence-corrected chi connectivity index (χ0v) is 9.64. The van der Waals surface area contributed by atoms with Crippen LogP contribution in [-0.4, -0.2) is 17.8 Å². The number of imide groups is 1. The van der Waals surface area contributed by atoms with E-state index in [9.17, 15) is 14.4 Å². The molecule has 3 rings (SSSR count). The van der Waals surface area contributed by atoms with E-state index in [-0.39, 0.29) is 18.4 Å². The second-order valence-corrected chi connectivity index (χ2v) is 4.39. The number of nitrogens with zero attached hydrogens (tertiary/aromatic N) is 1. The van der Waals surface area contributed by atoms with Crippen LogP contribution in [0, 0.1) is 0 Å². The van der Waals surface area contributed by atoms with Crippen LogP contribution >= 0.6 is 0 Å². The summed E-state index contributed by atoms with van der Waals surface area (Å²) in [4.78, 5) is 36.2. The van der Waals surface area contributed by atoms with Crippen LogP contribution in [0.1, 0.15) is 35.2 Å². The number of fused-ring (bicyclic) bond motifs is 1. The summed E-state index contributed by atoms with van der Waals surface area (Å²) >= 11 is 0. The van der Waals surface area contributed by atoms with Gasteiger partial charge in [-0.25, -0.2) is 4.79 Å². The second-order valence-electron chi connectivity index (χ2n) is 4.39. The molecule has 92 valence electrons. The number of anilines is 1. The van der Waals surface area contributed by atoms with Crippen molar-refractivity contribution in [2.24, 2.45) is 0 Å². The average Bonchev–Trinajstić information content (AvgIpc) is 2.71. The summed E-state index contributed by atoms with van der Waals surface area (Å²) in [6.45, 7) is 0.260. The van der Waals surface area contributed by atoms with Gasteiger partial charge in [0, 0.05) is 18.4 Å². The maximum atomic E-state index is 11.8. The Morgan fingerprint density at radius 3 is 2.50 bits per heavy atom. The number of piperidine rings is 1. The van der Waals surface area contributed by atoms with E-state index in [2.05, 4.69) is 0 Å². The van der Waals surface area contributed by atoms with Crippen LogP contribution in [-0.2, 0) is 20.9 Å². The molecule has 0 aromatic heterocycles. The van der Waals surface area contributed by atoms with Gasteiger partial charge in [0.25, 0.3) is 0 Å². The molecule has 0 spiro atoms. The highest BCUT2D eigenvalue weighted by atomic mass is 16.5. The topological polar surface area (TPSA) is 63.7 Å². The van der Waals surface area contributed by atoms with Gasteiger partial charge >= 0.3 is 5.97 Å². The summed E-state index contributed by atoms with van der Waals surface area (Å²) < 4.78 is 4.89. The summed E-state index contributed by atoms with van der Waals surface area (Å²) in [5.41, 5.74) is 1.70. The van der Waals surface area contributed by atoms with Crippen molar-refractivity contribution in [3.05, 3.63) is 29.3 Å². The number of amides is 2. The van der Waals surface area contributed by atoms with Crippen LogP contribution in [0.15, 0.2) is 18.2 Å². The van der Waals surface area contributed by atoms with Crippen LogP contribution in [0.25, 0.3) is 0 Å². The van der Waals surface area contributed by atoms with E-state index in [1.165, 1.54) is 0 Å². The molecule has 0 radical (unpaired) electrons. The van der Waals surface area contributed by atoms with Crippen molar-refractivity contribution in [1.29, 1.82) is 0 Å². The lowest BCUT2D eigenvalue weighted by Gasteiger charge is -2.25. The van der Waals surface area contributed by atoms with Crippen molar-refractivity contribution in [2.45, 2.75) is 25.9 Å². The molecule has 0 N–H and O–H groups in total. The Labute approximate surface area is 103 Å². The fraction of sp³-hybridized carbons (Fsp3) is 0.308. The standard InChI is InChI=1S/C13H11NO4/c15-11-2-1-3-12(16)14(11)9-5-4-8-7-18-13(17)10(8)6-9/h4-6H,1-3,7H2. The van der Waals surface area contributed by atoms with Gasteiger partial charge in [-0.05, 0) is 18.6 Å². The third-order valence-corrected chi connectivity index (χ3v) is 3.21. The third-order valence-electron chi connectivity index (χ3n) is 3.21. The lowest BCUT2D eigenvalue weighted by molar-refractivity contribution is -0.129. The van der Waals surface area contributed by atoms with E-state index < -0.39 is 5.97 Å². The van der Waals surface area contributed by atoms with Gasteiger partial charge in [-0.1, -0.05) is 6.07 Å². The number of esters is 1. The van der Waals surface area contributed by atoms with Crippen molar-refractivity contribution in [3.63, 3.8) is 0 Å². The summed E-state index contributed by atoms with van der Waals surface area (Å²) in [7, 11) is 0. The summed E-state index contributed by atoms with van der Waals surface area (Å²) in [5, 5.41) is 0. The van der Waals surface area contributed by atoms with Crippen molar-refractivity contribution in [2.75, 3.05) is 4.90 Å². The van der Waals surface area contributed by atoms with E-state index in [1.54, 1.807) is 18.2 Å². The molecular formula is C13H11NO4. The first-order valence-electron chi connectivity index (χ1n) is 5.82. The Kier molecular flexibility index (Phi) is 2.40. The average molecular weight is 245 g/mol. The quantitative estimate of drug-likeness (QED) is 0.554. The number of hydrogen-bond acceptors (Lipinski definition) is 4. The molecule has 2 aliphatic heterocycles. The summed E-state index contributed by atoms with van der Waals surface area (Å²) in [5.74, 6) is -0.820. The highest BCUT2D eigenvalue weighted by molar-refractivity contribution is 6.16. The number of benzene rings is 1. The molecule has 0 unspecified atom stereocenters.